The molecule has 36 heavy (non-hydrogen) atoms. The zero-order valence-corrected chi connectivity index (χ0v) is 20.1. The lowest BCUT2D eigenvalue weighted by molar-refractivity contribution is -0.385. The topological polar surface area (TPSA) is 79.6 Å². The van der Waals surface area contributed by atoms with Crippen molar-refractivity contribution in [3.63, 3.8) is 0 Å². The monoisotopic (exact) mass is 506 g/mol. The van der Waals surface area contributed by atoms with Gasteiger partial charge in [-0.15, -0.1) is 0 Å². The van der Waals surface area contributed by atoms with E-state index in [2.05, 4.69) is 14.8 Å². The van der Waals surface area contributed by atoms with E-state index < -0.39 is 10.7 Å². The number of nitro groups is 1. The summed E-state index contributed by atoms with van der Waals surface area (Å²) in [5.41, 5.74) is 1.91. The first kappa shape index (κ1) is 24.1. The largest absolute Gasteiger partial charge is 0.369 e. The highest BCUT2D eigenvalue weighted by Crippen LogP contribution is 2.35. The highest BCUT2D eigenvalue weighted by Gasteiger charge is 2.38. The maximum absolute atomic E-state index is 13.2. The SMILES string of the molecule is O=C(C=CN1C2CCC1CN(Cc1ccc(F)cc1)C2)c1cc(-c2cccnc2)c(Cl)cc1[N+](=O)[O-]. The number of carbonyl (C=O) groups excluding carboxylic acids is 1. The molecule has 0 amide bonds. The van der Waals surface area contributed by atoms with Gasteiger partial charge in [-0.1, -0.05) is 29.8 Å². The van der Waals surface area contributed by atoms with E-state index in [4.69, 9.17) is 11.6 Å². The van der Waals surface area contributed by atoms with Crippen LogP contribution < -0.4 is 0 Å². The van der Waals surface area contributed by atoms with Gasteiger partial charge in [-0.05, 0) is 42.7 Å². The molecule has 2 atom stereocenters. The van der Waals surface area contributed by atoms with Crippen LogP contribution in [0.25, 0.3) is 11.1 Å². The molecule has 2 aromatic carbocycles. The molecule has 0 saturated carbocycles. The van der Waals surface area contributed by atoms with Crippen LogP contribution in [-0.4, -0.2) is 50.7 Å². The lowest BCUT2D eigenvalue weighted by atomic mass is 10.0. The number of nitrogens with zero attached hydrogens (tertiary/aromatic N) is 4. The Morgan fingerprint density at radius 1 is 1.17 bits per heavy atom. The molecule has 9 heteroatoms. The molecule has 0 N–H and O–H groups in total. The van der Waals surface area contributed by atoms with E-state index in [1.807, 2.05) is 0 Å². The molecule has 1 aromatic heterocycles. The van der Waals surface area contributed by atoms with Gasteiger partial charge in [0.25, 0.3) is 5.69 Å². The van der Waals surface area contributed by atoms with Crippen LogP contribution in [0.3, 0.4) is 0 Å². The predicted octanol–water partition coefficient (Wildman–Crippen LogP) is 5.49. The second kappa shape index (κ2) is 10.2. The zero-order chi connectivity index (χ0) is 25.2. The maximum Gasteiger partial charge on any atom is 0.282 e. The smallest absolute Gasteiger partial charge is 0.282 e. The number of rotatable bonds is 7. The summed E-state index contributed by atoms with van der Waals surface area (Å²) >= 11 is 6.32. The number of halogens is 2. The summed E-state index contributed by atoms with van der Waals surface area (Å²) in [5.74, 6) is -0.691. The fraction of sp³-hybridized carbons (Fsp3) is 0.259. The number of piperazine rings is 1. The quantitative estimate of drug-likeness (QED) is 0.182. The molecule has 184 valence electrons. The van der Waals surface area contributed by atoms with E-state index in [0.717, 1.165) is 38.0 Å². The lowest BCUT2D eigenvalue weighted by Gasteiger charge is -2.40. The fourth-order valence-corrected chi connectivity index (χ4v) is 5.41. The van der Waals surface area contributed by atoms with Crippen molar-refractivity contribution in [2.45, 2.75) is 31.5 Å². The highest BCUT2D eigenvalue weighted by molar-refractivity contribution is 6.34. The molecule has 2 aliphatic rings. The minimum atomic E-state index is -0.585. The van der Waals surface area contributed by atoms with Crippen molar-refractivity contribution in [1.82, 2.24) is 14.8 Å². The van der Waals surface area contributed by atoms with E-state index >= 15 is 0 Å². The van der Waals surface area contributed by atoms with Gasteiger partial charge < -0.3 is 4.90 Å². The third-order valence-electron chi connectivity index (χ3n) is 6.85. The summed E-state index contributed by atoms with van der Waals surface area (Å²) in [6.07, 6.45) is 8.43. The van der Waals surface area contributed by atoms with E-state index in [-0.39, 0.29) is 34.2 Å². The molecule has 2 fully saturated rings. The predicted molar refractivity (Wildman–Crippen MR) is 135 cm³/mol. The Labute approximate surface area is 213 Å². The van der Waals surface area contributed by atoms with E-state index in [9.17, 15) is 19.3 Å². The summed E-state index contributed by atoms with van der Waals surface area (Å²) in [5, 5.41) is 11.9. The normalized spacial score (nSPS) is 19.7. The number of benzene rings is 2. The molecule has 0 aliphatic carbocycles. The molecule has 5 rings (SSSR count). The number of pyridine rings is 1. The van der Waals surface area contributed by atoms with Gasteiger partial charge in [0.05, 0.1) is 9.95 Å². The minimum absolute atomic E-state index is 0.0122. The van der Waals surface area contributed by atoms with Gasteiger partial charge in [-0.3, -0.25) is 24.8 Å². The minimum Gasteiger partial charge on any atom is -0.369 e. The molecule has 2 saturated heterocycles. The van der Waals surface area contributed by atoms with E-state index in [1.165, 1.54) is 30.3 Å². The van der Waals surface area contributed by atoms with Crippen molar-refractivity contribution in [3.8, 4) is 11.1 Å². The summed E-state index contributed by atoms with van der Waals surface area (Å²) in [6, 6.07) is 13.3. The Balaban J connectivity index is 1.33. The van der Waals surface area contributed by atoms with Crippen LogP contribution in [0.1, 0.15) is 28.8 Å². The average molecular weight is 507 g/mol. The maximum atomic E-state index is 13.2. The van der Waals surface area contributed by atoms with Crippen LogP contribution in [-0.2, 0) is 6.54 Å². The number of ketones is 1. The van der Waals surface area contributed by atoms with Gasteiger partial charge in [-0.2, -0.15) is 0 Å². The second-order valence-corrected chi connectivity index (χ2v) is 9.59. The first-order chi connectivity index (χ1) is 17.4. The van der Waals surface area contributed by atoms with Gasteiger partial charge in [0.1, 0.15) is 11.4 Å². The molecular formula is C27H24ClFN4O3. The van der Waals surface area contributed by atoms with Gasteiger partial charge in [-0.25, -0.2) is 4.39 Å². The van der Waals surface area contributed by atoms with Crippen LogP contribution in [0.2, 0.25) is 5.02 Å². The van der Waals surface area contributed by atoms with Crippen molar-refractivity contribution < 1.29 is 14.1 Å². The van der Waals surface area contributed by atoms with Crippen molar-refractivity contribution in [1.29, 1.82) is 0 Å². The fourth-order valence-electron chi connectivity index (χ4n) is 5.14. The molecule has 2 unspecified atom stereocenters. The van der Waals surface area contributed by atoms with Gasteiger partial charge in [0.2, 0.25) is 0 Å². The number of fused-ring (bicyclic) bond motifs is 2. The first-order valence-electron chi connectivity index (χ1n) is 11.7. The average Bonchev–Trinajstić information content (AvgIpc) is 3.11. The van der Waals surface area contributed by atoms with Gasteiger partial charge in [0.15, 0.2) is 5.78 Å². The van der Waals surface area contributed by atoms with Crippen LogP contribution in [0.4, 0.5) is 10.1 Å². The van der Waals surface area contributed by atoms with Crippen molar-refractivity contribution >= 4 is 23.1 Å². The molecule has 2 aliphatic heterocycles. The number of nitro benzene ring substituents is 1. The van der Waals surface area contributed by atoms with Crippen molar-refractivity contribution in [2.75, 3.05) is 13.1 Å². The van der Waals surface area contributed by atoms with E-state index in [0.29, 0.717) is 11.1 Å². The summed E-state index contributed by atoms with van der Waals surface area (Å²) in [7, 11) is 0. The number of allylic oxidation sites excluding steroid dienone is 1. The Hall–Kier alpha value is -3.62. The lowest BCUT2D eigenvalue weighted by Crippen LogP contribution is -2.50. The third-order valence-corrected chi connectivity index (χ3v) is 7.16. The molecule has 7 nitrogen and oxygen atoms in total. The molecule has 2 bridgehead atoms. The summed E-state index contributed by atoms with van der Waals surface area (Å²) < 4.78 is 13.2. The van der Waals surface area contributed by atoms with Crippen LogP contribution in [0.15, 0.2) is 73.2 Å². The number of aromatic nitrogens is 1. The molecule has 0 radical (unpaired) electrons. The Kier molecular flexibility index (Phi) is 6.80. The number of hydrogen-bond acceptors (Lipinski definition) is 6. The van der Waals surface area contributed by atoms with Gasteiger partial charge >= 0.3 is 0 Å². The molecule has 0 spiro atoms. The summed E-state index contributed by atoms with van der Waals surface area (Å²) in [6.45, 7) is 2.41. The van der Waals surface area contributed by atoms with Gasteiger partial charge in [0, 0.05) is 73.6 Å². The zero-order valence-electron chi connectivity index (χ0n) is 19.4. The Bertz CT molecular complexity index is 1300. The van der Waals surface area contributed by atoms with Crippen LogP contribution in [0, 0.1) is 15.9 Å². The molecule has 3 heterocycles. The Morgan fingerprint density at radius 3 is 2.53 bits per heavy atom. The third kappa shape index (κ3) is 5.01. The summed E-state index contributed by atoms with van der Waals surface area (Å²) in [4.78, 5) is 32.9. The van der Waals surface area contributed by atoms with Crippen molar-refractivity contribution in [2.24, 2.45) is 0 Å². The number of hydrogen-bond donors (Lipinski definition) is 0. The number of likely N-dealkylation sites (tertiary alicyclic amines) is 1. The molecule has 3 aromatic rings. The second-order valence-electron chi connectivity index (χ2n) is 9.18. The first-order valence-corrected chi connectivity index (χ1v) is 12.1. The van der Waals surface area contributed by atoms with E-state index in [1.54, 1.807) is 42.9 Å². The highest BCUT2D eigenvalue weighted by atomic mass is 35.5. The standard InChI is InChI=1S/C27H24ClFN4O3/c28-25-13-26(33(35)36)24(12-23(25)19-2-1-10-30-14-19)27(34)9-11-32-21-7-8-22(32)17-31(16-21)15-18-3-5-20(29)6-4-18/h1-6,9-14,21-22H,7-8,15-17H2. The number of carbonyl (C=O) groups is 1. The van der Waals surface area contributed by atoms with Crippen molar-refractivity contribution in [3.05, 3.63) is 105 Å². The Morgan fingerprint density at radius 2 is 1.89 bits per heavy atom. The van der Waals surface area contributed by atoms with Crippen LogP contribution in [0.5, 0.6) is 0 Å². The molecular weight excluding hydrogens is 483 g/mol. The van der Waals surface area contributed by atoms with Crippen LogP contribution >= 0.6 is 11.6 Å².